The normalized spacial score (nSPS) is 12.4. The summed E-state index contributed by atoms with van der Waals surface area (Å²) in [6.07, 6.45) is 4.66. The van der Waals surface area contributed by atoms with E-state index < -0.39 is 6.10 Å². The van der Waals surface area contributed by atoms with Crippen molar-refractivity contribution in [2.24, 2.45) is 7.05 Å². The molecule has 0 radical (unpaired) electrons. The maximum atomic E-state index is 9.94. The standard InChI is InChI=1S/C15H20N2O2/c1-3-13(18)12-6-4-5-7-14(12)19-11-8-15-16-9-10-17(15)2/h4-7,9-10,13,18H,3,8,11H2,1-2H3/t13-/m0/s1. The van der Waals surface area contributed by atoms with Gasteiger partial charge in [-0.2, -0.15) is 0 Å². The van der Waals surface area contributed by atoms with Gasteiger partial charge in [0.15, 0.2) is 0 Å². The number of para-hydroxylation sites is 1. The van der Waals surface area contributed by atoms with Crippen molar-refractivity contribution in [2.45, 2.75) is 25.9 Å². The first kappa shape index (κ1) is 13.6. The number of ether oxygens (including phenoxy) is 1. The predicted octanol–water partition coefficient (Wildman–Crippen LogP) is 2.49. The van der Waals surface area contributed by atoms with Crippen LogP contribution < -0.4 is 4.74 Å². The van der Waals surface area contributed by atoms with Gasteiger partial charge in [0.2, 0.25) is 0 Å². The lowest BCUT2D eigenvalue weighted by atomic mass is 10.1. The molecule has 19 heavy (non-hydrogen) atoms. The summed E-state index contributed by atoms with van der Waals surface area (Å²) in [7, 11) is 1.97. The second-order valence-corrected chi connectivity index (χ2v) is 4.51. The van der Waals surface area contributed by atoms with Crippen LogP contribution in [0.15, 0.2) is 36.7 Å². The summed E-state index contributed by atoms with van der Waals surface area (Å²) in [5.74, 6) is 1.75. The molecule has 0 amide bonds. The zero-order valence-corrected chi connectivity index (χ0v) is 11.4. The highest BCUT2D eigenvalue weighted by Crippen LogP contribution is 2.26. The lowest BCUT2D eigenvalue weighted by Gasteiger charge is -2.14. The second kappa shape index (κ2) is 6.38. The number of rotatable bonds is 6. The molecule has 0 unspecified atom stereocenters. The smallest absolute Gasteiger partial charge is 0.125 e. The summed E-state index contributed by atoms with van der Waals surface area (Å²) >= 11 is 0. The molecule has 102 valence electrons. The Hall–Kier alpha value is -1.81. The molecule has 1 heterocycles. The largest absolute Gasteiger partial charge is 0.493 e. The van der Waals surface area contributed by atoms with Crippen LogP contribution in [0.3, 0.4) is 0 Å². The molecule has 0 saturated heterocycles. The summed E-state index contributed by atoms with van der Waals surface area (Å²) in [4.78, 5) is 4.25. The van der Waals surface area contributed by atoms with E-state index in [0.717, 1.165) is 23.6 Å². The Kier molecular flexibility index (Phi) is 4.58. The highest BCUT2D eigenvalue weighted by Gasteiger charge is 2.11. The van der Waals surface area contributed by atoms with Crippen LogP contribution in [0.2, 0.25) is 0 Å². The van der Waals surface area contributed by atoms with Crippen molar-refractivity contribution in [3.8, 4) is 5.75 Å². The number of aliphatic hydroxyl groups is 1. The van der Waals surface area contributed by atoms with E-state index in [4.69, 9.17) is 4.74 Å². The van der Waals surface area contributed by atoms with Crippen LogP contribution in [0.4, 0.5) is 0 Å². The van der Waals surface area contributed by atoms with Crippen LogP contribution in [-0.4, -0.2) is 21.3 Å². The molecule has 0 fully saturated rings. The van der Waals surface area contributed by atoms with Crippen molar-refractivity contribution < 1.29 is 9.84 Å². The number of aryl methyl sites for hydroxylation is 1. The summed E-state index contributed by atoms with van der Waals surface area (Å²) in [6.45, 7) is 2.51. The maximum Gasteiger partial charge on any atom is 0.125 e. The molecule has 1 aromatic heterocycles. The Morgan fingerprint density at radius 3 is 2.84 bits per heavy atom. The molecule has 1 atom stereocenters. The first-order chi connectivity index (χ1) is 9.22. The van der Waals surface area contributed by atoms with Gasteiger partial charge in [-0.1, -0.05) is 25.1 Å². The monoisotopic (exact) mass is 260 g/mol. The van der Waals surface area contributed by atoms with Crippen molar-refractivity contribution in [3.63, 3.8) is 0 Å². The summed E-state index contributed by atoms with van der Waals surface area (Å²) < 4.78 is 7.76. The lowest BCUT2D eigenvalue weighted by molar-refractivity contribution is 0.167. The molecule has 2 aromatic rings. The van der Waals surface area contributed by atoms with Crippen LogP contribution in [-0.2, 0) is 13.5 Å². The van der Waals surface area contributed by atoms with E-state index in [0.29, 0.717) is 13.0 Å². The third-order valence-electron chi connectivity index (χ3n) is 3.17. The molecule has 0 saturated carbocycles. The summed E-state index contributed by atoms with van der Waals surface area (Å²) in [6, 6.07) is 7.64. The molecular formula is C15H20N2O2. The van der Waals surface area contributed by atoms with Gasteiger partial charge in [0.25, 0.3) is 0 Å². The van der Waals surface area contributed by atoms with E-state index in [9.17, 15) is 5.11 Å². The fraction of sp³-hybridized carbons (Fsp3) is 0.400. The van der Waals surface area contributed by atoms with Gasteiger partial charge in [-0.25, -0.2) is 4.98 Å². The average molecular weight is 260 g/mol. The molecule has 0 aliphatic carbocycles. The molecular weight excluding hydrogens is 240 g/mol. The van der Waals surface area contributed by atoms with E-state index >= 15 is 0 Å². The van der Waals surface area contributed by atoms with E-state index in [2.05, 4.69) is 4.98 Å². The van der Waals surface area contributed by atoms with E-state index in [1.165, 1.54) is 0 Å². The maximum absolute atomic E-state index is 9.94. The van der Waals surface area contributed by atoms with Crippen molar-refractivity contribution in [1.29, 1.82) is 0 Å². The topological polar surface area (TPSA) is 47.3 Å². The summed E-state index contributed by atoms with van der Waals surface area (Å²) in [5, 5.41) is 9.94. The minimum absolute atomic E-state index is 0.468. The zero-order chi connectivity index (χ0) is 13.7. The van der Waals surface area contributed by atoms with Gasteiger partial charge < -0.3 is 14.4 Å². The van der Waals surface area contributed by atoms with Crippen LogP contribution in [0.25, 0.3) is 0 Å². The Labute approximate surface area is 113 Å². The Balaban J connectivity index is 1.98. The summed E-state index contributed by atoms with van der Waals surface area (Å²) in [5.41, 5.74) is 0.852. The third-order valence-corrected chi connectivity index (χ3v) is 3.17. The molecule has 0 spiro atoms. The molecule has 4 nitrogen and oxygen atoms in total. The molecule has 4 heteroatoms. The van der Waals surface area contributed by atoms with E-state index in [1.54, 1.807) is 6.20 Å². The van der Waals surface area contributed by atoms with Crippen molar-refractivity contribution >= 4 is 0 Å². The fourth-order valence-corrected chi connectivity index (χ4v) is 2.00. The van der Waals surface area contributed by atoms with Crippen molar-refractivity contribution in [1.82, 2.24) is 9.55 Å². The van der Waals surface area contributed by atoms with Crippen LogP contribution in [0.5, 0.6) is 5.75 Å². The van der Waals surface area contributed by atoms with Gasteiger partial charge in [0.05, 0.1) is 12.7 Å². The Morgan fingerprint density at radius 2 is 2.16 bits per heavy atom. The number of hydrogen-bond donors (Lipinski definition) is 1. The zero-order valence-electron chi connectivity index (χ0n) is 11.4. The molecule has 0 aliphatic rings. The van der Waals surface area contributed by atoms with Gasteiger partial charge >= 0.3 is 0 Å². The molecule has 0 aliphatic heterocycles. The van der Waals surface area contributed by atoms with Crippen LogP contribution in [0, 0.1) is 0 Å². The highest BCUT2D eigenvalue weighted by atomic mass is 16.5. The Morgan fingerprint density at radius 1 is 1.37 bits per heavy atom. The number of imidazole rings is 1. The fourth-order valence-electron chi connectivity index (χ4n) is 2.00. The number of aliphatic hydroxyl groups excluding tert-OH is 1. The quantitative estimate of drug-likeness (QED) is 0.868. The second-order valence-electron chi connectivity index (χ2n) is 4.51. The van der Waals surface area contributed by atoms with Gasteiger partial charge in [0.1, 0.15) is 11.6 Å². The minimum Gasteiger partial charge on any atom is -0.493 e. The third kappa shape index (κ3) is 3.35. The van der Waals surface area contributed by atoms with Crippen molar-refractivity contribution in [2.75, 3.05) is 6.61 Å². The first-order valence-corrected chi connectivity index (χ1v) is 6.58. The first-order valence-electron chi connectivity index (χ1n) is 6.58. The van der Waals surface area contributed by atoms with Crippen LogP contribution in [0.1, 0.15) is 30.8 Å². The number of aromatic nitrogens is 2. The molecule has 2 rings (SSSR count). The van der Waals surface area contributed by atoms with E-state index in [1.807, 2.05) is 49.0 Å². The molecule has 1 aromatic carbocycles. The van der Waals surface area contributed by atoms with Crippen LogP contribution >= 0.6 is 0 Å². The average Bonchev–Trinajstić information content (AvgIpc) is 2.84. The van der Waals surface area contributed by atoms with Crippen molar-refractivity contribution in [3.05, 3.63) is 48.0 Å². The van der Waals surface area contributed by atoms with Gasteiger partial charge in [-0.05, 0) is 12.5 Å². The van der Waals surface area contributed by atoms with Gasteiger partial charge in [-0.15, -0.1) is 0 Å². The molecule has 1 N–H and O–H groups in total. The number of benzene rings is 1. The van der Waals surface area contributed by atoms with Gasteiger partial charge in [0, 0.05) is 31.4 Å². The predicted molar refractivity (Wildman–Crippen MR) is 74.1 cm³/mol. The minimum atomic E-state index is -0.468. The SMILES string of the molecule is CC[C@H](O)c1ccccc1OCCc1nccn1C. The van der Waals surface area contributed by atoms with E-state index in [-0.39, 0.29) is 0 Å². The number of nitrogens with zero attached hydrogens (tertiary/aromatic N) is 2. The lowest BCUT2D eigenvalue weighted by Crippen LogP contribution is -2.08. The Bertz CT molecular complexity index is 522. The highest BCUT2D eigenvalue weighted by molar-refractivity contribution is 5.35. The van der Waals surface area contributed by atoms with Gasteiger partial charge in [-0.3, -0.25) is 0 Å². The number of hydrogen-bond acceptors (Lipinski definition) is 3. The molecule has 0 bridgehead atoms.